The van der Waals surface area contributed by atoms with Crippen molar-refractivity contribution in [3.63, 3.8) is 0 Å². The number of thioether (sulfide) groups is 1. The summed E-state index contributed by atoms with van der Waals surface area (Å²) in [5.41, 5.74) is 0. The Hall–Kier alpha value is -1.72. The molecule has 21 heavy (non-hydrogen) atoms. The van der Waals surface area contributed by atoms with E-state index in [0.29, 0.717) is 12.2 Å². The molecule has 0 saturated heterocycles. The number of benzene rings is 1. The van der Waals surface area contributed by atoms with E-state index in [-0.39, 0.29) is 17.8 Å². The minimum absolute atomic E-state index is 0.0956. The molecule has 2 N–H and O–H groups in total. The summed E-state index contributed by atoms with van der Waals surface area (Å²) in [6.45, 7) is 1.78. The highest BCUT2D eigenvalue weighted by Gasteiger charge is 2.22. The first kappa shape index (κ1) is 15.7. The quantitative estimate of drug-likeness (QED) is 0.772. The zero-order valence-electron chi connectivity index (χ0n) is 11.9. The molecule has 0 saturated carbocycles. The summed E-state index contributed by atoms with van der Waals surface area (Å²) >= 11 is 1.52. The normalized spacial score (nSPS) is 13.6. The van der Waals surface area contributed by atoms with Gasteiger partial charge >= 0.3 is 0 Å². The Labute approximate surface area is 128 Å². The molecule has 0 radical (unpaired) electrons. The lowest BCUT2D eigenvalue weighted by Crippen LogP contribution is -2.36. The van der Waals surface area contributed by atoms with Crippen molar-refractivity contribution in [1.82, 2.24) is 5.32 Å². The first-order valence-electron chi connectivity index (χ1n) is 6.91. The third kappa shape index (κ3) is 4.37. The maximum atomic E-state index is 12.4. The Morgan fingerprint density at radius 2 is 2.05 bits per heavy atom. The Morgan fingerprint density at radius 1 is 1.29 bits per heavy atom. The minimum Gasteiger partial charge on any atom is -0.467 e. The van der Waals surface area contributed by atoms with Gasteiger partial charge in [-0.25, -0.2) is 0 Å². The van der Waals surface area contributed by atoms with Gasteiger partial charge in [-0.2, -0.15) is 0 Å². The highest BCUT2D eigenvalue weighted by Crippen LogP contribution is 2.26. The summed E-state index contributed by atoms with van der Waals surface area (Å²) in [4.78, 5) is 13.4. The molecule has 112 valence electrons. The van der Waals surface area contributed by atoms with Crippen molar-refractivity contribution in [2.75, 3.05) is 6.61 Å². The zero-order valence-corrected chi connectivity index (χ0v) is 12.7. The van der Waals surface area contributed by atoms with E-state index in [9.17, 15) is 9.90 Å². The van der Waals surface area contributed by atoms with Gasteiger partial charge in [-0.1, -0.05) is 25.1 Å². The average molecular weight is 305 g/mol. The van der Waals surface area contributed by atoms with Gasteiger partial charge in [-0.05, 0) is 30.7 Å². The predicted molar refractivity (Wildman–Crippen MR) is 83.1 cm³/mol. The summed E-state index contributed by atoms with van der Waals surface area (Å²) in [5.74, 6) is 0.465. The fraction of sp³-hybridized carbons (Fsp3) is 0.312. The lowest BCUT2D eigenvalue weighted by molar-refractivity contribution is -0.121. The molecule has 2 aromatic rings. The molecule has 1 heterocycles. The average Bonchev–Trinajstić information content (AvgIpc) is 3.05. The molecule has 0 aliphatic heterocycles. The second-order valence-electron chi connectivity index (χ2n) is 4.59. The first-order chi connectivity index (χ1) is 10.2. The summed E-state index contributed by atoms with van der Waals surface area (Å²) in [6, 6.07) is 12.8. The fourth-order valence-electron chi connectivity index (χ4n) is 1.95. The summed E-state index contributed by atoms with van der Waals surface area (Å²) < 4.78 is 5.24. The molecule has 2 unspecified atom stereocenters. The van der Waals surface area contributed by atoms with Crippen molar-refractivity contribution < 1.29 is 14.3 Å². The van der Waals surface area contributed by atoms with Gasteiger partial charge in [0.2, 0.25) is 5.91 Å². The highest BCUT2D eigenvalue weighted by atomic mass is 32.2. The molecule has 0 bridgehead atoms. The van der Waals surface area contributed by atoms with E-state index in [4.69, 9.17) is 4.42 Å². The molecule has 0 aliphatic carbocycles. The number of carbonyl (C=O) groups excluding carboxylic acids is 1. The molecule has 0 aliphatic rings. The van der Waals surface area contributed by atoms with Gasteiger partial charge in [-0.15, -0.1) is 11.8 Å². The number of nitrogens with one attached hydrogen (secondary N) is 1. The SMILES string of the molecule is CCC(Sc1ccccc1)C(=O)NC(CO)c1ccco1. The van der Waals surface area contributed by atoms with Crippen LogP contribution in [0, 0.1) is 0 Å². The Morgan fingerprint density at radius 3 is 2.62 bits per heavy atom. The molecular formula is C16H19NO3S. The van der Waals surface area contributed by atoms with Crippen LogP contribution in [0.4, 0.5) is 0 Å². The predicted octanol–water partition coefficient (Wildman–Crippen LogP) is 3.00. The standard InChI is InChI=1S/C16H19NO3S/c1-2-15(21-12-7-4-3-5-8-12)16(19)17-13(11-18)14-9-6-10-20-14/h3-10,13,15,18H,2,11H2,1H3,(H,17,19). The molecule has 0 fully saturated rings. The molecule has 4 nitrogen and oxygen atoms in total. The van der Waals surface area contributed by atoms with E-state index in [0.717, 1.165) is 4.90 Å². The van der Waals surface area contributed by atoms with E-state index >= 15 is 0 Å². The molecule has 2 rings (SSSR count). The highest BCUT2D eigenvalue weighted by molar-refractivity contribution is 8.00. The van der Waals surface area contributed by atoms with Crippen molar-refractivity contribution >= 4 is 17.7 Å². The number of rotatable bonds is 7. The molecule has 1 amide bonds. The molecule has 5 heteroatoms. The minimum atomic E-state index is -0.502. The maximum absolute atomic E-state index is 12.4. The molecule has 1 aromatic heterocycles. The van der Waals surface area contributed by atoms with Crippen LogP contribution >= 0.6 is 11.8 Å². The lowest BCUT2D eigenvalue weighted by atomic mass is 10.2. The van der Waals surface area contributed by atoms with E-state index in [1.807, 2.05) is 37.3 Å². The second-order valence-corrected chi connectivity index (χ2v) is 5.86. The lowest BCUT2D eigenvalue weighted by Gasteiger charge is -2.19. The number of aliphatic hydroxyl groups is 1. The summed E-state index contributed by atoms with van der Waals surface area (Å²) in [5, 5.41) is 12.0. The van der Waals surface area contributed by atoms with Crippen LogP contribution in [0.1, 0.15) is 25.1 Å². The first-order valence-corrected chi connectivity index (χ1v) is 7.79. The van der Waals surface area contributed by atoms with Crippen LogP contribution in [0.3, 0.4) is 0 Å². The number of hydrogen-bond acceptors (Lipinski definition) is 4. The maximum Gasteiger partial charge on any atom is 0.234 e. The summed E-state index contributed by atoms with van der Waals surface area (Å²) in [6.07, 6.45) is 2.24. The monoisotopic (exact) mass is 305 g/mol. The van der Waals surface area contributed by atoms with Crippen molar-refractivity contribution in [2.24, 2.45) is 0 Å². The van der Waals surface area contributed by atoms with Gasteiger partial charge in [0.1, 0.15) is 11.8 Å². The van der Waals surface area contributed by atoms with Crippen molar-refractivity contribution in [3.05, 3.63) is 54.5 Å². The number of hydrogen-bond donors (Lipinski definition) is 2. The molecule has 2 atom stereocenters. The van der Waals surface area contributed by atoms with Gasteiger partial charge in [0.05, 0.1) is 18.1 Å². The van der Waals surface area contributed by atoms with Crippen LogP contribution in [0.25, 0.3) is 0 Å². The van der Waals surface area contributed by atoms with Crippen LogP contribution < -0.4 is 5.32 Å². The van der Waals surface area contributed by atoms with E-state index in [1.54, 1.807) is 12.1 Å². The van der Waals surface area contributed by atoms with Crippen LogP contribution in [0.15, 0.2) is 58.0 Å². The van der Waals surface area contributed by atoms with Crippen molar-refractivity contribution in [1.29, 1.82) is 0 Å². The van der Waals surface area contributed by atoms with Crippen LogP contribution in [-0.4, -0.2) is 22.9 Å². The summed E-state index contributed by atoms with van der Waals surface area (Å²) in [7, 11) is 0. The van der Waals surface area contributed by atoms with Crippen LogP contribution in [0.5, 0.6) is 0 Å². The van der Waals surface area contributed by atoms with E-state index in [1.165, 1.54) is 18.0 Å². The molecular weight excluding hydrogens is 286 g/mol. The van der Waals surface area contributed by atoms with Crippen molar-refractivity contribution in [3.8, 4) is 0 Å². The van der Waals surface area contributed by atoms with Gasteiger partial charge in [-0.3, -0.25) is 4.79 Å². The van der Waals surface area contributed by atoms with Gasteiger partial charge in [0.15, 0.2) is 0 Å². The van der Waals surface area contributed by atoms with Gasteiger partial charge in [0.25, 0.3) is 0 Å². The van der Waals surface area contributed by atoms with Crippen LogP contribution in [0.2, 0.25) is 0 Å². The molecule has 1 aromatic carbocycles. The van der Waals surface area contributed by atoms with Crippen molar-refractivity contribution in [2.45, 2.75) is 29.5 Å². The number of furan rings is 1. The third-order valence-corrected chi connectivity index (χ3v) is 4.45. The number of amides is 1. The second kappa shape index (κ2) is 7.90. The molecule has 0 spiro atoms. The number of aliphatic hydroxyl groups excluding tert-OH is 1. The Balaban J connectivity index is 1.99. The Bertz CT molecular complexity index is 542. The van der Waals surface area contributed by atoms with E-state index < -0.39 is 6.04 Å². The number of carbonyl (C=O) groups is 1. The fourth-order valence-corrected chi connectivity index (χ4v) is 2.93. The van der Waals surface area contributed by atoms with Gasteiger partial charge in [0, 0.05) is 4.90 Å². The van der Waals surface area contributed by atoms with Crippen LogP contribution in [-0.2, 0) is 4.79 Å². The van der Waals surface area contributed by atoms with Gasteiger partial charge < -0.3 is 14.8 Å². The van der Waals surface area contributed by atoms with E-state index in [2.05, 4.69) is 5.32 Å². The zero-order chi connectivity index (χ0) is 15.1. The largest absolute Gasteiger partial charge is 0.467 e. The third-order valence-electron chi connectivity index (χ3n) is 3.07. The Kier molecular flexibility index (Phi) is 5.90. The smallest absolute Gasteiger partial charge is 0.234 e. The topological polar surface area (TPSA) is 62.5 Å².